The Hall–Kier alpha value is -0.0800. The average molecular weight is 137 g/mol. The number of carbonyl (C=O) groups excluding carboxylic acids is 1. The average Bonchev–Trinajstić information content (AvgIpc) is 1.21. The van der Waals surface area contributed by atoms with E-state index in [4.69, 9.17) is 16.7 Å². The van der Waals surface area contributed by atoms with E-state index in [1.165, 1.54) is 13.8 Å². The number of ketones is 1. The first-order valence-corrected chi connectivity index (χ1v) is 2.70. The van der Waals surface area contributed by atoms with Crippen molar-refractivity contribution in [1.82, 2.24) is 0 Å². The fourth-order valence-corrected chi connectivity index (χ4v) is 0.643. The maximum absolute atomic E-state index is 10.2. The van der Waals surface area contributed by atoms with Crippen molar-refractivity contribution in [2.75, 3.05) is 0 Å². The largest absolute Gasteiger partial charge is 0.375 e. The summed E-state index contributed by atoms with van der Waals surface area (Å²) in [5, 5.41) is 7.38. The third-order valence-corrected chi connectivity index (χ3v) is 0.705. The molecule has 0 aromatic carbocycles. The maximum Gasteiger partial charge on any atom is 0.142 e. The summed E-state index contributed by atoms with van der Waals surface area (Å²) in [5.41, 5.74) is 0. The van der Waals surface area contributed by atoms with Crippen LogP contribution in [0.15, 0.2) is 0 Å². The van der Waals surface area contributed by atoms with Crippen LogP contribution in [-0.4, -0.2) is 16.0 Å². The summed E-state index contributed by atoms with van der Waals surface area (Å²) in [6.07, 6.45) is 0.00849. The van der Waals surface area contributed by atoms with Crippen LogP contribution >= 0.6 is 11.6 Å². The molecule has 0 amide bonds. The summed E-state index contributed by atoms with van der Waals surface area (Å²) >= 11 is 5.26. The van der Waals surface area contributed by atoms with E-state index in [1.54, 1.807) is 0 Å². The maximum atomic E-state index is 10.2. The number of carbonyl (C=O) groups is 1. The molecule has 0 spiro atoms. The Morgan fingerprint density at radius 2 is 2.25 bits per heavy atom. The van der Waals surface area contributed by atoms with Gasteiger partial charge in [0.25, 0.3) is 0 Å². The standard InChI is InChI=1S/C5H9ClO2/c1-4(7)3-5(2,6)8/h8H,3H2,1-2H3. The molecule has 0 saturated heterocycles. The minimum absolute atomic E-state index is 0.00849. The number of halogens is 1. The van der Waals surface area contributed by atoms with Crippen molar-refractivity contribution in [2.45, 2.75) is 25.3 Å². The van der Waals surface area contributed by atoms with Crippen LogP contribution in [0.1, 0.15) is 20.3 Å². The van der Waals surface area contributed by atoms with E-state index >= 15 is 0 Å². The fraction of sp³-hybridized carbons (Fsp3) is 0.800. The summed E-state index contributed by atoms with van der Waals surface area (Å²) in [4.78, 5) is 10.2. The van der Waals surface area contributed by atoms with Crippen molar-refractivity contribution < 1.29 is 9.90 Å². The zero-order valence-corrected chi connectivity index (χ0v) is 5.70. The van der Waals surface area contributed by atoms with Gasteiger partial charge in [-0.05, 0) is 13.8 Å². The summed E-state index contributed by atoms with van der Waals surface area (Å²) in [5.74, 6) is -0.106. The summed E-state index contributed by atoms with van der Waals surface area (Å²) in [6.45, 7) is 2.77. The van der Waals surface area contributed by atoms with Gasteiger partial charge in [0, 0.05) is 6.42 Å². The van der Waals surface area contributed by atoms with Gasteiger partial charge < -0.3 is 5.11 Å². The van der Waals surface area contributed by atoms with Gasteiger partial charge in [-0.1, -0.05) is 11.6 Å². The molecule has 1 unspecified atom stereocenters. The fourth-order valence-electron chi connectivity index (χ4n) is 0.454. The second-order valence-electron chi connectivity index (χ2n) is 2.02. The molecule has 8 heavy (non-hydrogen) atoms. The lowest BCUT2D eigenvalue weighted by Gasteiger charge is -2.10. The number of aliphatic hydroxyl groups is 1. The summed E-state index contributed by atoms with van der Waals surface area (Å²) in [7, 11) is 0. The van der Waals surface area contributed by atoms with Gasteiger partial charge in [-0.25, -0.2) is 0 Å². The molecule has 0 aliphatic rings. The third-order valence-electron chi connectivity index (χ3n) is 0.572. The molecular weight excluding hydrogens is 128 g/mol. The molecule has 0 saturated carbocycles. The monoisotopic (exact) mass is 136 g/mol. The quantitative estimate of drug-likeness (QED) is 0.573. The number of rotatable bonds is 2. The highest BCUT2D eigenvalue weighted by molar-refractivity contribution is 6.23. The molecule has 2 nitrogen and oxygen atoms in total. The number of Topliss-reactive ketones (excluding diaryl/α,β-unsaturated/α-hetero) is 1. The van der Waals surface area contributed by atoms with E-state index in [0.29, 0.717) is 0 Å². The van der Waals surface area contributed by atoms with E-state index < -0.39 is 5.06 Å². The van der Waals surface area contributed by atoms with Crippen molar-refractivity contribution in [3.05, 3.63) is 0 Å². The first-order valence-electron chi connectivity index (χ1n) is 2.32. The molecule has 0 bridgehead atoms. The molecule has 0 aromatic heterocycles. The van der Waals surface area contributed by atoms with Gasteiger partial charge in [0.15, 0.2) is 0 Å². The zero-order valence-electron chi connectivity index (χ0n) is 4.94. The van der Waals surface area contributed by atoms with Crippen LogP contribution in [0.4, 0.5) is 0 Å². The van der Waals surface area contributed by atoms with Crippen LogP contribution in [-0.2, 0) is 4.79 Å². The lowest BCUT2D eigenvalue weighted by Crippen LogP contribution is -2.18. The SMILES string of the molecule is CC(=O)CC(C)(O)Cl. The minimum Gasteiger partial charge on any atom is -0.375 e. The first kappa shape index (κ1) is 7.92. The highest BCUT2D eigenvalue weighted by Crippen LogP contribution is 2.13. The molecule has 1 N–H and O–H groups in total. The first-order chi connectivity index (χ1) is 3.42. The van der Waals surface area contributed by atoms with Crippen molar-refractivity contribution in [2.24, 2.45) is 0 Å². The highest BCUT2D eigenvalue weighted by Gasteiger charge is 2.17. The van der Waals surface area contributed by atoms with Crippen LogP contribution in [0.3, 0.4) is 0 Å². The predicted octanol–water partition coefficient (Wildman–Crippen LogP) is 0.913. The van der Waals surface area contributed by atoms with Gasteiger partial charge >= 0.3 is 0 Å². The van der Waals surface area contributed by atoms with Crippen molar-refractivity contribution in [3.63, 3.8) is 0 Å². The minimum atomic E-state index is -1.36. The van der Waals surface area contributed by atoms with Crippen molar-refractivity contribution in [3.8, 4) is 0 Å². The Morgan fingerprint density at radius 1 is 1.88 bits per heavy atom. The van der Waals surface area contributed by atoms with Crippen molar-refractivity contribution in [1.29, 1.82) is 0 Å². The molecule has 0 aromatic rings. The molecule has 48 valence electrons. The Morgan fingerprint density at radius 3 is 2.25 bits per heavy atom. The van der Waals surface area contributed by atoms with Crippen LogP contribution in [0.2, 0.25) is 0 Å². The Kier molecular flexibility index (Phi) is 2.44. The molecule has 0 rings (SSSR count). The van der Waals surface area contributed by atoms with Crippen LogP contribution < -0.4 is 0 Å². The molecular formula is C5H9ClO2. The molecule has 0 aliphatic heterocycles. The normalized spacial score (nSPS) is 17.5. The number of hydrogen-bond donors (Lipinski definition) is 1. The Bertz CT molecular complexity index is 93.1. The molecule has 1 atom stereocenters. The van der Waals surface area contributed by atoms with Crippen LogP contribution in [0.25, 0.3) is 0 Å². The van der Waals surface area contributed by atoms with Gasteiger partial charge in [-0.2, -0.15) is 0 Å². The molecule has 0 aliphatic carbocycles. The molecule has 0 heterocycles. The summed E-state index contributed by atoms with van der Waals surface area (Å²) < 4.78 is 0. The summed E-state index contributed by atoms with van der Waals surface area (Å²) in [6, 6.07) is 0. The second-order valence-corrected chi connectivity index (χ2v) is 2.84. The van der Waals surface area contributed by atoms with E-state index in [9.17, 15) is 4.79 Å². The molecule has 0 radical (unpaired) electrons. The van der Waals surface area contributed by atoms with Gasteiger partial charge in [0.05, 0.1) is 0 Å². The zero-order chi connectivity index (χ0) is 6.78. The van der Waals surface area contributed by atoms with E-state index in [2.05, 4.69) is 0 Å². The van der Waals surface area contributed by atoms with Gasteiger partial charge in [-0.15, -0.1) is 0 Å². The predicted molar refractivity (Wildman–Crippen MR) is 31.8 cm³/mol. The Balaban J connectivity index is 3.55. The number of alkyl halides is 1. The smallest absolute Gasteiger partial charge is 0.142 e. The van der Waals surface area contributed by atoms with Crippen LogP contribution in [0.5, 0.6) is 0 Å². The van der Waals surface area contributed by atoms with Gasteiger partial charge in [0.1, 0.15) is 10.8 Å². The van der Waals surface area contributed by atoms with E-state index in [0.717, 1.165) is 0 Å². The topological polar surface area (TPSA) is 37.3 Å². The molecule has 0 fully saturated rings. The highest BCUT2D eigenvalue weighted by atomic mass is 35.5. The van der Waals surface area contributed by atoms with Gasteiger partial charge in [0.2, 0.25) is 0 Å². The molecule has 3 heteroatoms. The van der Waals surface area contributed by atoms with Crippen LogP contribution in [0, 0.1) is 0 Å². The van der Waals surface area contributed by atoms with Crippen molar-refractivity contribution >= 4 is 17.4 Å². The lowest BCUT2D eigenvalue weighted by atomic mass is 10.2. The van der Waals surface area contributed by atoms with Gasteiger partial charge in [-0.3, -0.25) is 4.79 Å². The second kappa shape index (κ2) is 2.46. The van der Waals surface area contributed by atoms with E-state index in [1.807, 2.05) is 0 Å². The lowest BCUT2D eigenvalue weighted by molar-refractivity contribution is -0.119. The number of hydrogen-bond acceptors (Lipinski definition) is 2. The van der Waals surface area contributed by atoms with E-state index in [-0.39, 0.29) is 12.2 Å². The third kappa shape index (κ3) is 5.92. The Labute approximate surface area is 53.5 Å².